The Morgan fingerprint density at radius 3 is 2.74 bits per heavy atom. The normalized spacial score (nSPS) is 12.9. The van der Waals surface area contributed by atoms with Crippen molar-refractivity contribution in [1.82, 2.24) is 0 Å². The smallest absolute Gasteiger partial charge is 0.262 e. The van der Waals surface area contributed by atoms with Gasteiger partial charge in [0.25, 0.3) is 5.91 Å². The molecule has 1 aliphatic rings. The average molecular weight is 382 g/mol. The van der Waals surface area contributed by atoms with Crippen molar-refractivity contribution in [3.05, 3.63) is 61.2 Å². The SMILES string of the molecule is C=CCSc1ccccc1NC(=O)COc1cccc(NC(=O)C2CC2)c1. The van der Waals surface area contributed by atoms with Gasteiger partial charge in [0, 0.05) is 28.3 Å². The van der Waals surface area contributed by atoms with Gasteiger partial charge in [-0.25, -0.2) is 0 Å². The number of rotatable bonds is 9. The lowest BCUT2D eigenvalue weighted by Crippen LogP contribution is -2.20. The second-order valence-corrected chi connectivity index (χ2v) is 7.29. The quantitative estimate of drug-likeness (QED) is 0.500. The Kier molecular flexibility index (Phi) is 6.54. The van der Waals surface area contributed by atoms with E-state index in [0.29, 0.717) is 11.4 Å². The molecule has 5 nitrogen and oxygen atoms in total. The fourth-order valence-corrected chi connectivity index (χ4v) is 3.18. The monoisotopic (exact) mass is 382 g/mol. The fourth-order valence-electron chi connectivity index (χ4n) is 2.43. The first-order valence-corrected chi connectivity index (χ1v) is 9.80. The highest BCUT2D eigenvalue weighted by Crippen LogP contribution is 2.30. The van der Waals surface area contributed by atoms with Gasteiger partial charge in [-0.2, -0.15) is 0 Å². The van der Waals surface area contributed by atoms with Crippen molar-refractivity contribution in [1.29, 1.82) is 0 Å². The van der Waals surface area contributed by atoms with Crippen LogP contribution >= 0.6 is 11.8 Å². The number of carbonyl (C=O) groups is 2. The van der Waals surface area contributed by atoms with E-state index in [1.165, 1.54) is 0 Å². The van der Waals surface area contributed by atoms with Gasteiger partial charge in [0.1, 0.15) is 5.75 Å². The first kappa shape index (κ1) is 19.0. The molecule has 2 aromatic carbocycles. The maximum atomic E-state index is 12.2. The molecule has 0 aliphatic heterocycles. The van der Waals surface area contributed by atoms with Crippen LogP contribution in [0.3, 0.4) is 0 Å². The molecule has 2 amide bonds. The lowest BCUT2D eigenvalue weighted by Gasteiger charge is -2.11. The topological polar surface area (TPSA) is 67.4 Å². The molecule has 0 spiro atoms. The zero-order valence-corrected chi connectivity index (χ0v) is 15.8. The fraction of sp³-hybridized carbons (Fsp3) is 0.238. The third-order valence-electron chi connectivity index (χ3n) is 3.94. The maximum Gasteiger partial charge on any atom is 0.262 e. The molecule has 1 saturated carbocycles. The summed E-state index contributed by atoms with van der Waals surface area (Å²) in [5, 5.41) is 5.74. The molecule has 0 heterocycles. The number of anilines is 2. The Bertz CT molecular complexity index is 834. The third-order valence-corrected chi connectivity index (χ3v) is 5.01. The Balaban J connectivity index is 1.53. The van der Waals surface area contributed by atoms with Crippen molar-refractivity contribution in [2.45, 2.75) is 17.7 Å². The summed E-state index contributed by atoms with van der Waals surface area (Å²) in [6, 6.07) is 14.7. The van der Waals surface area contributed by atoms with E-state index in [9.17, 15) is 9.59 Å². The molecule has 0 unspecified atom stereocenters. The van der Waals surface area contributed by atoms with Crippen LogP contribution in [0, 0.1) is 5.92 Å². The number of thioether (sulfide) groups is 1. The second-order valence-electron chi connectivity index (χ2n) is 6.22. The first-order valence-electron chi connectivity index (χ1n) is 8.82. The van der Waals surface area contributed by atoms with Gasteiger partial charge in [-0.3, -0.25) is 9.59 Å². The highest BCUT2D eigenvalue weighted by Gasteiger charge is 2.29. The molecule has 6 heteroatoms. The minimum atomic E-state index is -0.242. The van der Waals surface area contributed by atoms with Gasteiger partial charge >= 0.3 is 0 Å². The van der Waals surface area contributed by atoms with E-state index in [1.807, 2.05) is 30.3 Å². The summed E-state index contributed by atoms with van der Waals surface area (Å²) in [4.78, 5) is 25.1. The lowest BCUT2D eigenvalue weighted by molar-refractivity contribution is -0.118. The molecule has 2 N–H and O–H groups in total. The summed E-state index contributed by atoms with van der Waals surface area (Å²) in [5.41, 5.74) is 1.43. The van der Waals surface area contributed by atoms with Crippen molar-refractivity contribution in [2.75, 3.05) is 23.0 Å². The summed E-state index contributed by atoms with van der Waals surface area (Å²) in [6.45, 7) is 3.60. The van der Waals surface area contributed by atoms with Gasteiger partial charge in [-0.15, -0.1) is 18.3 Å². The number of ether oxygens (including phenoxy) is 1. The number of hydrogen-bond acceptors (Lipinski definition) is 4. The van der Waals surface area contributed by atoms with Crippen molar-refractivity contribution < 1.29 is 14.3 Å². The van der Waals surface area contributed by atoms with E-state index in [4.69, 9.17) is 4.74 Å². The van der Waals surface area contributed by atoms with E-state index in [0.717, 1.165) is 29.2 Å². The van der Waals surface area contributed by atoms with Gasteiger partial charge in [-0.05, 0) is 37.1 Å². The summed E-state index contributed by atoms with van der Waals surface area (Å²) < 4.78 is 5.57. The molecule has 27 heavy (non-hydrogen) atoms. The molecule has 0 aromatic heterocycles. The maximum absolute atomic E-state index is 12.2. The van der Waals surface area contributed by atoms with E-state index >= 15 is 0 Å². The number of carbonyl (C=O) groups excluding carboxylic acids is 2. The standard InChI is InChI=1S/C21H22N2O3S/c1-2-12-27-19-9-4-3-8-18(19)23-20(24)14-26-17-7-5-6-16(13-17)22-21(25)15-10-11-15/h2-9,13,15H,1,10-12,14H2,(H,22,25)(H,23,24). The molecule has 1 aliphatic carbocycles. The van der Waals surface area contributed by atoms with Gasteiger partial charge in [-0.1, -0.05) is 24.3 Å². The molecule has 3 rings (SSSR count). The predicted octanol–water partition coefficient (Wildman–Crippen LogP) is 4.33. The average Bonchev–Trinajstić information content (AvgIpc) is 3.51. The van der Waals surface area contributed by atoms with Gasteiger partial charge in [0.15, 0.2) is 6.61 Å². The van der Waals surface area contributed by atoms with Crippen LogP contribution in [0.25, 0.3) is 0 Å². The minimum absolute atomic E-state index is 0.0403. The number of hydrogen-bond donors (Lipinski definition) is 2. The van der Waals surface area contributed by atoms with E-state index in [-0.39, 0.29) is 24.3 Å². The largest absolute Gasteiger partial charge is 0.484 e. The van der Waals surface area contributed by atoms with Gasteiger partial charge in [0.05, 0.1) is 5.69 Å². The lowest BCUT2D eigenvalue weighted by atomic mass is 10.3. The van der Waals surface area contributed by atoms with Gasteiger partial charge in [0.2, 0.25) is 5.91 Å². The van der Waals surface area contributed by atoms with Crippen LogP contribution in [0.5, 0.6) is 5.75 Å². The number of para-hydroxylation sites is 1. The van der Waals surface area contributed by atoms with Crippen LogP contribution in [0.1, 0.15) is 12.8 Å². The summed E-state index contributed by atoms with van der Waals surface area (Å²) in [6.07, 6.45) is 3.73. The van der Waals surface area contributed by atoms with Gasteiger partial charge < -0.3 is 15.4 Å². The van der Waals surface area contributed by atoms with Crippen LogP contribution in [-0.2, 0) is 9.59 Å². The van der Waals surface area contributed by atoms with Crippen LogP contribution in [0.4, 0.5) is 11.4 Å². The summed E-state index contributed by atoms with van der Waals surface area (Å²) in [7, 11) is 0. The number of benzene rings is 2. The molecule has 0 atom stereocenters. The highest BCUT2D eigenvalue weighted by molar-refractivity contribution is 7.99. The van der Waals surface area contributed by atoms with Crippen molar-refractivity contribution in [2.24, 2.45) is 5.92 Å². The molecule has 2 aromatic rings. The zero-order chi connectivity index (χ0) is 19.1. The first-order chi connectivity index (χ1) is 13.2. The Hall–Kier alpha value is -2.73. The van der Waals surface area contributed by atoms with Crippen molar-refractivity contribution >= 4 is 35.0 Å². The predicted molar refractivity (Wildman–Crippen MR) is 109 cm³/mol. The van der Waals surface area contributed by atoms with Crippen molar-refractivity contribution in [3.63, 3.8) is 0 Å². The molecule has 0 bridgehead atoms. The van der Waals surface area contributed by atoms with Crippen molar-refractivity contribution in [3.8, 4) is 5.75 Å². The Morgan fingerprint density at radius 2 is 1.96 bits per heavy atom. The van der Waals surface area contributed by atoms with Crippen LogP contribution in [-0.4, -0.2) is 24.2 Å². The molecular weight excluding hydrogens is 360 g/mol. The minimum Gasteiger partial charge on any atom is -0.484 e. The third kappa shape index (κ3) is 5.89. The summed E-state index contributed by atoms with van der Waals surface area (Å²) in [5.74, 6) is 1.24. The van der Waals surface area contributed by atoms with E-state index < -0.39 is 0 Å². The van der Waals surface area contributed by atoms with E-state index in [2.05, 4.69) is 17.2 Å². The van der Waals surface area contributed by atoms with Crippen LogP contribution < -0.4 is 15.4 Å². The van der Waals surface area contributed by atoms with Crippen LogP contribution in [0.2, 0.25) is 0 Å². The van der Waals surface area contributed by atoms with E-state index in [1.54, 1.807) is 36.0 Å². The molecule has 140 valence electrons. The zero-order valence-electron chi connectivity index (χ0n) is 14.9. The highest BCUT2D eigenvalue weighted by atomic mass is 32.2. The number of amides is 2. The molecule has 0 radical (unpaired) electrons. The molecule has 1 fully saturated rings. The molecular formula is C21H22N2O3S. The summed E-state index contributed by atoms with van der Waals surface area (Å²) >= 11 is 1.60. The second kappa shape index (κ2) is 9.28. The molecule has 0 saturated heterocycles. The number of nitrogens with one attached hydrogen (secondary N) is 2. The van der Waals surface area contributed by atoms with Crippen LogP contribution in [0.15, 0.2) is 66.1 Å². The Labute approximate surface area is 163 Å². The Morgan fingerprint density at radius 1 is 1.15 bits per heavy atom.